The van der Waals surface area contributed by atoms with E-state index in [1.165, 1.54) is 22.8 Å². The molecule has 2 heterocycles. The van der Waals surface area contributed by atoms with Crippen molar-refractivity contribution in [1.82, 2.24) is 14.0 Å². The molecule has 1 amide bonds. The average molecular weight is 443 g/mol. The molecule has 0 spiro atoms. The summed E-state index contributed by atoms with van der Waals surface area (Å²) in [6.45, 7) is 1.34. The molecule has 0 unspecified atom stereocenters. The molecule has 6 nitrogen and oxygen atoms in total. The third-order valence-corrected chi connectivity index (χ3v) is 6.22. The maximum atomic E-state index is 13.6. The molecule has 29 heavy (non-hydrogen) atoms. The smallest absolute Gasteiger partial charge is 0.268 e. The highest BCUT2D eigenvalue weighted by Crippen LogP contribution is 2.33. The minimum absolute atomic E-state index is 0.253. The second kappa shape index (κ2) is 8.00. The van der Waals surface area contributed by atoms with Gasteiger partial charge < -0.3 is 0 Å². The highest BCUT2D eigenvalue weighted by atomic mass is 35.5. The first-order valence-electron chi connectivity index (χ1n) is 8.54. The van der Waals surface area contributed by atoms with E-state index in [2.05, 4.69) is 4.98 Å². The summed E-state index contributed by atoms with van der Waals surface area (Å²) in [5.41, 5.74) is 2.03. The van der Waals surface area contributed by atoms with E-state index in [-0.39, 0.29) is 16.6 Å². The summed E-state index contributed by atoms with van der Waals surface area (Å²) in [5.74, 6) is 5.42. The number of rotatable bonds is 4. The number of nitrogens with zero attached hydrogens (tertiary/aromatic N) is 3. The van der Waals surface area contributed by atoms with E-state index in [1.54, 1.807) is 24.3 Å². The lowest BCUT2D eigenvalue weighted by Gasteiger charge is -2.16. The first-order valence-corrected chi connectivity index (χ1v) is 10.6. The van der Waals surface area contributed by atoms with E-state index < -0.39 is 0 Å². The first kappa shape index (κ1) is 19.7. The molecule has 0 aliphatic heterocycles. The molecule has 4 rings (SSSR count). The molecule has 2 aromatic carbocycles. The molecule has 0 saturated heterocycles. The maximum absolute atomic E-state index is 13.6. The first-order chi connectivity index (χ1) is 14.0. The zero-order valence-corrected chi connectivity index (χ0v) is 17.6. The fraction of sp³-hybridized carbons (Fsp3) is 0.0500. The Kier molecular flexibility index (Phi) is 5.42. The van der Waals surface area contributed by atoms with Crippen molar-refractivity contribution in [1.29, 1.82) is 0 Å². The van der Waals surface area contributed by atoms with Gasteiger partial charge in [-0.05, 0) is 23.8 Å². The normalized spacial score (nSPS) is 11.0. The zero-order valence-electron chi connectivity index (χ0n) is 15.2. The van der Waals surface area contributed by atoms with E-state index in [0.717, 1.165) is 27.5 Å². The summed E-state index contributed by atoms with van der Waals surface area (Å²) in [6.07, 6.45) is 0. The van der Waals surface area contributed by atoms with Gasteiger partial charge in [0.15, 0.2) is 5.16 Å². The molecular weight excluding hydrogens is 428 g/mol. The molecule has 0 radical (unpaired) electrons. The number of thiophene rings is 1. The molecule has 0 aliphatic rings. The molecule has 4 aromatic rings. The van der Waals surface area contributed by atoms with Crippen LogP contribution < -0.4 is 11.4 Å². The molecule has 0 atom stereocenters. The average Bonchev–Trinajstić information content (AvgIpc) is 3.13. The number of aromatic nitrogens is 2. The van der Waals surface area contributed by atoms with Gasteiger partial charge >= 0.3 is 0 Å². The number of hydrogen-bond acceptors (Lipinski definition) is 6. The van der Waals surface area contributed by atoms with Crippen LogP contribution in [0.1, 0.15) is 6.92 Å². The third kappa shape index (κ3) is 3.79. The number of hydrazine groups is 1. The monoisotopic (exact) mass is 442 g/mol. The van der Waals surface area contributed by atoms with Crippen molar-refractivity contribution in [3.05, 3.63) is 75.4 Å². The van der Waals surface area contributed by atoms with E-state index in [9.17, 15) is 9.59 Å². The topological polar surface area (TPSA) is 81.2 Å². The van der Waals surface area contributed by atoms with E-state index >= 15 is 0 Å². The van der Waals surface area contributed by atoms with Gasteiger partial charge in [0.05, 0.1) is 11.1 Å². The van der Waals surface area contributed by atoms with Crippen LogP contribution in [-0.2, 0) is 4.79 Å². The zero-order chi connectivity index (χ0) is 20.5. The summed E-state index contributed by atoms with van der Waals surface area (Å²) in [6, 6.07) is 16.6. The number of halogens is 1. The summed E-state index contributed by atoms with van der Waals surface area (Å²) in [5, 5.41) is 3.19. The molecule has 2 N–H and O–H groups in total. The molecule has 0 aliphatic carbocycles. The van der Waals surface area contributed by atoms with Gasteiger partial charge in [0.1, 0.15) is 4.83 Å². The van der Waals surface area contributed by atoms with Gasteiger partial charge in [0.2, 0.25) is 5.91 Å². The van der Waals surface area contributed by atoms with Gasteiger partial charge in [-0.15, -0.1) is 11.3 Å². The van der Waals surface area contributed by atoms with Gasteiger partial charge in [-0.2, -0.15) is 0 Å². The van der Waals surface area contributed by atoms with Crippen LogP contribution in [-0.4, -0.2) is 19.9 Å². The van der Waals surface area contributed by atoms with Gasteiger partial charge in [-0.25, -0.2) is 15.2 Å². The highest BCUT2D eigenvalue weighted by Gasteiger charge is 2.20. The van der Waals surface area contributed by atoms with Gasteiger partial charge in [0.25, 0.3) is 5.56 Å². The molecule has 0 bridgehead atoms. The summed E-state index contributed by atoms with van der Waals surface area (Å²) in [4.78, 5) is 30.4. The molecular formula is C20H15ClN4O2S2. The van der Waals surface area contributed by atoms with Gasteiger partial charge in [-0.3, -0.25) is 14.2 Å². The Hall–Kier alpha value is -2.65. The lowest BCUT2D eigenvalue weighted by atomic mass is 10.1. The van der Waals surface area contributed by atoms with Crippen molar-refractivity contribution in [2.24, 2.45) is 5.84 Å². The van der Waals surface area contributed by atoms with Gasteiger partial charge in [-0.1, -0.05) is 48.0 Å². The van der Waals surface area contributed by atoms with Crippen molar-refractivity contribution < 1.29 is 4.79 Å². The number of benzene rings is 2. The van der Waals surface area contributed by atoms with Crippen LogP contribution in [0.5, 0.6) is 0 Å². The minimum Gasteiger partial charge on any atom is -0.273 e. The van der Waals surface area contributed by atoms with Crippen LogP contribution in [0.25, 0.3) is 27.0 Å². The van der Waals surface area contributed by atoms with E-state index in [1.807, 2.05) is 35.7 Å². The van der Waals surface area contributed by atoms with Crippen LogP contribution in [0.15, 0.2) is 69.9 Å². The van der Waals surface area contributed by atoms with Crippen molar-refractivity contribution in [2.45, 2.75) is 12.1 Å². The van der Waals surface area contributed by atoms with Gasteiger partial charge in [0, 0.05) is 34.8 Å². The highest BCUT2D eigenvalue weighted by molar-refractivity contribution is 7.97. The number of carbonyl (C=O) groups excluding carboxylic acids is 1. The van der Waals surface area contributed by atoms with Crippen molar-refractivity contribution in [2.75, 3.05) is 0 Å². The second-order valence-corrected chi connectivity index (χ2v) is 8.38. The molecule has 0 fully saturated rings. The standard InChI is InChI=1S/C20H15ClN4O2S2/c1-12(26)25(22)29-20-23-18-17(16(11-28-18)13-6-3-2-4-7-13)19(27)24(20)15-9-5-8-14(21)10-15/h2-11H,22H2,1H3. The summed E-state index contributed by atoms with van der Waals surface area (Å²) < 4.78 is 2.38. The largest absolute Gasteiger partial charge is 0.273 e. The van der Waals surface area contributed by atoms with Crippen molar-refractivity contribution in [3.8, 4) is 16.8 Å². The number of hydrogen-bond donors (Lipinski definition) is 1. The fourth-order valence-corrected chi connectivity index (χ4v) is 4.75. The summed E-state index contributed by atoms with van der Waals surface area (Å²) >= 11 is 8.41. The van der Waals surface area contributed by atoms with Crippen molar-refractivity contribution >= 4 is 51.0 Å². The SMILES string of the molecule is CC(=O)N(N)Sc1nc2scc(-c3ccccc3)c2c(=O)n1-c1cccc(Cl)c1. The van der Waals surface area contributed by atoms with Crippen molar-refractivity contribution in [3.63, 3.8) is 0 Å². The lowest BCUT2D eigenvalue weighted by Crippen LogP contribution is -2.30. The fourth-order valence-electron chi connectivity index (χ4n) is 2.86. The Morgan fingerprint density at radius 2 is 1.97 bits per heavy atom. The number of nitrogens with two attached hydrogens (primary N) is 1. The maximum Gasteiger partial charge on any atom is 0.268 e. The quantitative estimate of drug-likeness (QED) is 0.165. The predicted octanol–water partition coefficient (Wildman–Crippen LogP) is 4.50. The predicted molar refractivity (Wildman–Crippen MR) is 118 cm³/mol. The molecule has 9 heteroatoms. The lowest BCUT2D eigenvalue weighted by molar-refractivity contribution is -0.124. The Balaban J connectivity index is 2.01. The number of amides is 1. The Bertz CT molecular complexity index is 1270. The van der Waals surface area contributed by atoms with Crippen LogP contribution in [0.3, 0.4) is 0 Å². The second-order valence-electron chi connectivity index (χ2n) is 6.15. The Morgan fingerprint density at radius 1 is 1.21 bits per heavy atom. The number of carbonyl (C=O) groups is 1. The summed E-state index contributed by atoms with van der Waals surface area (Å²) in [7, 11) is 0. The Labute approximate surface area is 179 Å². The third-order valence-electron chi connectivity index (χ3n) is 4.22. The number of fused-ring (bicyclic) bond motifs is 1. The minimum atomic E-state index is -0.363. The molecule has 0 saturated carbocycles. The van der Waals surface area contributed by atoms with E-state index in [4.69, 9.17) is 17.4 Å². The van der Waals surface area contributed by atoms with Crippen LogP contribution >= 0.6 is 34.9 Å². The molecule has 146 valence electrons. The van der Waals surface area contributed by atoms with Crippen LogP contribution in [0, 0.1) is 0 Å². The van der Waals surface area contributed by atoms with E-state index in [0.29, 0.717) is 20.9 Å². The molecule has 2 aromatic heterocycles. The van der Waals surface area contributed by atoms with Crippen LogP contribution in [0.2, 0.25) is 5.02 Å². The van der Waals surface area contributed by atoms with Crippen LogP contribution in [0.4, 0.5) is 0 Å². The Morgan fingerprint density at radius 3 is 2.66 bits per heavy atom.